The first kappa shape index (κ1) is 15.2. The molecular weight excluding hydrogens is 292 g/mol. The normalized spacial score (nSPS) is 14.9. The summed E-state index contributed by atoms with van der Waals surface area (Å²) in [7, 11) is 0. The van der Waals surface area contributed by atoms with Crippen molar-refractivity contribution in [2.45, 2.75) is 25.7 Å². The summed E-state index contributed by atoms with van der Waals surface area (Å²) in [5, 5.41) is 10.7. The van der Waals surface area contributed by atoms with Gasteiger partial charge in [-0.05, 0) is 37.0 Å². The lowest BCUT2D eigenvalue weighted by Gasteiger charge is -2.31. The molecule has 1 amide bonds. The number of nitro benzene ring substituents is 1. The van der Waals surface area contributed by atoms with Crippen molar-refractivity contribution in [1.82, 2.24) is 0 Å². The first-order valence-corrected chi connectivity index (χ1v) is 7.71. The number of aryl methyl sites for hydroxylation is 1. The Morgan fingerprint density at radius 3 is 2.57 bits per heavy atom. The number of hydrogen-bond acceptors (Lipinski definition) is 3. The number of anilines is 1. The van der Waals surface area contributed by atoms with Crippen molar-refractivity contribution in [2.24, 2.45) is 0 Å². The molecule has 0 saturated heterocycles. The number of benzene rings is 2. The summed E-state index contributed by atoms with van der Waals surface area (Å²) < 4.78 is 0. The lowest BCUT2D eigenvalue weighted by molar-refractivity contribution is -0.384. The van der Waals surface area contributed by atoms with Crippen LogP contribution in [0.1, 0.15) is 30.4 Å². The summed E-state index contributed by atoms with van der Waals surface area (Å²) in [6.07, 6.45) is 1.95. The molecule has 5 nitrogen and oxygen atoms in total. The fraction of sp³-hybridized carbons (Fsp3) is 0.278. The average Bonchev–Trinajstić information content (AvgIpc) is 2.60. The molecule has 0 radical (unpaired) electrons. The standard InChI is InChI=1S/C18H18N2O3/c1-13(14-8-10-16(11-9-14)20(22)23)18(21)19-12-4-6-15-5-2-3-7-17(15)19/h2-3,5,7-11,13H,4,6,12H2,1H3/t13-/m0/s1. The second-order valence-electron chi connectivity index (χ2n) is 5.79. The predicted molar refractivity (Wildman–Crippen MR) is 88.6 cm³/mol. The van der Waals surface area contributed by atoms with Gasteiger partial charge < -0.3 is 4.90 Å². The zero-order valence-electron chi connectivity index (χ0n) is 12.9. The molecule has 2 aromatic rings. The van der Waals surface area contributed by atoms with Gasteiger partial charge in [0.25, 0.3) is 5.69 Å². The highest BCUT2D eigenvalue weighted by molar-refractivity contribution is 5.98. The molecule has 118 valence electrons. The van der Waals surface area contributed by atoms with Gasteiger partial charge in [-0.15, -0.1) is 0 Å². The van der Waals surface area contributed by atoms with Crippen LogP contribution in [0, 0.1) is 10.1 Å². The summed E-state index contributed by atoms with van der Waals surface area (Å²) in [5.74, 6) is -0.298. The minimum absolute atomic E-state index is 0.0333. The van der Waals surface area contributed by atoms with Crippen LogP contribution in [0.25, 0.3) is 0 Å². The van der Waals surface area contributed by atoms with Gasteiger partial charge in [-0.25, -0.2) is 0 Å². The zero-order chi connectivity index (χ0) is 16.4. The van der Waals surface area contributed by atoms with E-state index in [2.05, 4.69) is 6.07 Å². The van der Waals surface area contributed by atoms with Gasteiger partial charge in [0.15, 0.2) is 0 Å². The Labute approximate surface area is 134 Å². The summed E-state index contributed by atoms with van der Waals surface area (Å²) in [5.41, 5.74) is 3.01. The maximum atomic E-state index is 12.9. The van der Waals surface area contributed by atoms with E-state index >= 15 is 0 Å². The van der Waals surface area contributed by atoms with Crippen molar-refractivity contribution < 1.29 is 9.72 Å². The third kappa shape index (κ3) is 2.95. The third-order valence-electron chi connectivity index (χ3n) is 4.35. The molecule has 0 saturated carbocycles. The van der Waals surface area contributed by atoms with Crippen LogP contribution in [0.3, 0.4) is 0 Å². The summed E-state index contributed by atoms with van der Waals surface area (Å²) >= 11 is 0. The van der Waals surface area contributed by atoms with Crippen LogP contribution in [-0.2, 0) is 11.2 Å². The Morgan fingerprint density at radius 1 is 1.17 bits per heavy atom. The van der Waals surface area contributed by atoms with Gasteiger partial charge in [0.2, 0.25) is 5.91 Å². The molecule has 1 aliphatic heterocycles. The maximum Gasteiger partial charge on any atom is 0.269 e. The molecule has 1 atom stereocenters. The van der Waals surface area contributed by atoms with Gasteiger partial charge >= 0.3 is 0 Å². The van der Waals surface area contributed by atoms with Crippen molar-refractivity contribution in [3.63, 3.8) is 0 Å². The fourth-order valence-electron chi connectivity index (χ4n) is 3.02. The molecule has 0 aromatic heterocycles. The minimum Gasteiger partial charge on any atom is -0.312 e. The van der Waals surface area contributed by atoms with E-state index in [1.54, 1.807) is 12.1 Å². The summed E-state index contributed by atoms with van der Waals surface area (Å²) in [6, 6.07) is 14.2. The molecular formula is C18H18N2O3. The van der Waals surface area contributed by atoms with Crippen molar-refractivity contribution in [3.05, 3.63) is 69.8 Å². The fourth-order valence-corrected chi connectivity index (χ4v) is 3.02. The topological polar surface area (TPSA) is 63.5 Å². The van der Waals surface area contributed by atoms with E-state index in [0.29, 0.717) is 6.54 Å². The number of hydrogen-bond donors (Lipinski definition) is 0. The predicted octanol–water partition coefficient (Wildman–Crippen LogP) is 3.68. The van der Waals surface area contributed by atoms with Crippen molar-refractivity contribution in [2.75, 3.05) is 11.4 Å². The molecule has 2 aromatic carbocycles. The van der Waals surface area contributed by atoms with Crippen LogP contribution >= 0.6 is 0 Å². The number of fused-ring (bicyclic) bond motifs is 1. The Morgan fingerprint density at radius 2 is 1.87 bits per heavy atom. The van der Waals surface area contributed by atoms with E-state index in [4.69, 9.17) is 0 Å². The molecule has 0 bridgehead atoms. The van der Waals surface area contributed by atoms with Crippen LogP contribution in [-0.4, -0.2) is 17.4 Å². The molecule has 23 heavy (non-hydrogen) atoms. The van der Waals surface area contributed by atoms with Crippen LogP contribution in [0.5, 0.6) is 0 Å². The van der Waals surface area contributed by atoms with E-state index < -0.39 is 4.92 Å². The first-order chi connectivity index (χ1) is 11.1. The van der Waals surface area contributed by atoms with Gasteiger partial charge in [-0.3, -0.25) is 14.9 Å². The largest absolute Gasteiger partial charge is 0.312 e. The number of non-ortho nitro benzene ring substituents is 1. The Hall–Kier alpha value is -2.69. The lowest BCUT2D eigenvalue weighted by atomic mass is 9.96. The van der Waals surface area contributed by atoms with Gasteiger partial charge in [-0.1, -0.05) is 30.3 Å². The van der Waals surface area contributed by atoms with Crippen LogP contribution in [0.15, 0.2) is 48.5 Å². The second-order valence-corrected chi connectivity index (χ2v) is 5.79. The van der Waals surface area contributed by atoms with Crippen LogP contribution < -0.4 is 4.90 Å². The van der Waals surface area contributed by atoms with E-state index in [-0.39, 0.29) is 17.5 Å². The highest BCUT2D eigenvalue weighted by atomic mass is 16.6. The highest BCUT2D eigenvalue weighted by Gasteiger charge is 2.27. The number of nitro groups is 1. The Balaban J connectivity index is 1.84. The molecule has 0 unspecified atom stereocenters. The molecule has 1 aliphatic rings. The molecule has 0 spiro atoms. The molecule has 0 N–H and O–H groups in total. The van der Waals surface area contributed by atoms with Gasteiger partial charge in [0.05, 0.1) is 10.8 Å². The first-order valence-electron chi connectivity index (χ1n) is 7.71. The van der Waals surface area contributed by atoms with Gasteiger partial charge in [0, 0.05) is 24.4 Å². The maximum absolute atomic E-state index is 12.9. The van der Waals surface area contributed by atoms with Gasteiger partial charge in [-0.2, -0.15) is 0 Å². The molecule has 0 aliphatic carbocycles. The van der Waals surface area contributed by atoms with Crippen molar-refractivity contribution >= 4 is 17.3 Å². The number of nitrogens with zero attached hydrogens (tertiary/aromatic N) is 2. The second kappa shape index (κ2) is 6.20. The zero-order valence-corrected chi connectivity index (χ0v) is 12.9. The van der Waals surface area contributed by atoms with E-state index in [1.165, 1.54) is 17.7 Å². The van der Waals surface area contributed by atoms with E-state index in [0.717, 1.165) is 24.1 Å². The van der Waals surface area contributed by atoms with Gasteiger partial charge in [0.1, 0.15) is 0 Å². The quantitative estimate of drug-likeness (QED) is 0.641. The molecule has 1 heterocycles. The third-order valence-corrected chi connectivity index (χ3v) is 4.35. The molecule has 0 fully saturated rings. The number of carbonyl (C=O) groups is 1. The number of rotatable bonds is 3. The molecule has 5 heteroatoms. The average molecular weight is 310 g/mol. The SMILES string of the molecule is C[C@H](C(=O)N1CCCc2ccccc21)c1ccc([N+](=O)[O-])cc1. The monoisotopic (exact) mass is 310 g/mol. The lowest BCUT2D eigenvalue weighted by Crippen LogP contribution is -2.38. The van der Waals surface area contributed by atoms with E-state index in [1.807, 2.05) is 30.0 Å². The Kier molecular flexibility index (Phi) is 4.10. The van der Waals surface area contributed by atoms with E-state index in [9.17, 15) is 14.9 Å². The number of para-hydroxylation sites is 1. The Bertz CT molecular complexity index is 740. The smallest absolute Gasteiger partial charge is 0.269 e. The number of amides is 1. The summed E-state index contributed by atoms with van der Waals surface area (Å²) in [4.78, 5) is 25.0. The summed E-state index contributed by atoms with van der Waals surface area (Å²) in [6.45, 7) is 2.56. The molecule has 3 rings (SSSR count). The highest BCUT2D eigenvalue weighted by Crippen LogP contribution is 2.30. The minimum atomic E-state index is -0.433. The van der Waals surface area contributed by atoms with Crippen molar-refractivity contribution in [1.29, 1.82) is 0 Å². The van der Waals surface area contributed by atoms with Crippen molar-refractivity contribution in [3.8, 4) is 0 Å². The van der Waals surface area contributed by atoms with Crippen LogP contribution in [0.2, 0.25) is 0 Å². The van der Waals surface area contributed by atoms with Crippen LogP contribution in [0.4, 0.5) is 11.4 Å². The number of carbonyl (C=O) groups excluding carboxylic acids is 1.